The maximum Gasteiger partial charge on any atom is 0.264 e. The van der Waals surface area contributed by atoms with Crippen molar-refractivity contribution in [1.82, 2.24) is 10.0 Å². The molecule has 3 rings (SSSR count). The van der Waals surface area contributed by atoms with E-state index in [2.05, 4.69) is 0 Å². The van der Waals surface area contributed by atoms with E-state index in [0.29, 0.717) is 30.3 Å². The lowest BCUT2D eigenvalue weighted by atomic mass is 10.1. The number of sulfone groups is 1. The third-order valence-corrected chi connectivity index (χ3v) is 7.13. The number of hydrogen-bond donors (Lipinski definition) is 2. The summed E-state index contributed by atoms with van der Waals surface area (Å²) >= 11 is 0. The van der Waals surface area contributed by atoms with Crippen molar-refractivity contribution in [1.29, 1.82) is 0 Å². The molecule has 1 aliphatic heterocycles. The van der Waals surface area contributed by atoms with Crippen molar-refractivity contribution in [3.8, 4) is 22.6 Å². The van der Waals surface area contributed by atoms with Gasteiger partial charge in [-0.3, -0.25) is 14.8 Å². The summed E-state index contributed by atoms with van der Waals surface area (Å²) in [6.45, 7) is 2.14. The molecule has 0 saturated heterocycles. The number of nitrogens with one attached hydrogen (secondary N) is 1. The van der Waals surface area contributed by atoms with E-state index in [1.165, 1.54) is 29.2 Å². The summed E-state index contributed by atoms with van der Waals surface area (Å²) < 4.78 is 34.6. The molecule has 1 amide bonds. The third kappa shape index (κ3) is 4.13. The van der Waals surface area contributed by atoms with Gasteiger partial charge in [-0.2, -0.15) is 0 Å². The van der Waals surface area contributed by atoms with Gasteiger partial charge in [0, 0.05) is 25.1 Å². The van der Waals surface area contributed by atoms with E-state index in [1.807, 2.05) is 6.07 Å². The van der Waals surface area contributed by atoms with Gasteiger partial charge in [0.25, 0.3) is 11.5 Å². The average molecular weight is 422 g/mol. The Balaban J connectivity index is 1.83. The maximum atomic E-state index is 12.5. The lowest BCUT2D eigenvalue weighted by Crippen LogP contribution is -2.49. The highest BCUT2D eigenvalue weighted by molar-refractivity contribution is 7.92. The Kier molecular flexibility index (Phi) is 5.67. The second kappa shape index (κ2) is 7.88. The fourth-order valence-electron chi connectivity index (χ4n) is 3.01. The number of carbonyl (C=O) groups excluding carboxylic acids is 1. The molecule has 0 spiro atoms. The smallest absolute Gasteiger partial charge is 0.264 e. The van der Waals surface area contributed by atoms with E-state index in [-0.39, 0.29) is 18.5 Å². The summed E-state index contributed by atoms with van der Waals surface area (Å²) in [5.41, 5.74) is 2.49. The third-order valence-electron chi connectivity index (χ3n) is 5.10. The topological polar surface area (TPSA) is 124 Å². The number of nitrogens with zero attached hydrogens (tertiary/aromatic N) is 1. The van der Waals surface area contributed by atoms with Crippen LogP contribution in [0.4, 0.5) is 0 Å². The highest BCUT2D eigenvalue weighted by Crippen LogP contribution is 2.34. The van der Waals surface area contributed by atoms with Crippen LogP contribution in [0.25, 0.3) is 11.1 Å². The van der Waals surface area contributed by atoms with Crippen LogP contribution in [0.1, 0.15) is 13.3 Å². The Morgan fingerprint density at radius 3 is 2.45 bits per heavy atom. The lowest BCUT2D eigenvalue weighted by molar-refractivity contribution is -0.131. The van der Waals surface area contributed by atoms with E-state index in [4.69, 9.17) is 14.7 Å². The molecule has 2 heterocycles. The monoisotopic (exact) mass is 422 g/mol. The fraction of sp³-hybridized carbons (Fsp3) is 0.368. The molecule has 1 aliphatic rings. The van der Waals surface area contributed by atoms with Crippen LogP contribution in [0.3, 0.4) is 0 Å². The second-order valence-electron chi connectivity index (χ2n) is 7.00. The van der Waals surface area contributed by atoms with Crippen molar-refractivity contribution >= 4 is 15.7 Å². The van der Waals surface area contributed by atoms with Crippen molar-refractivity contribution in [2.75, 3.05) is 19.5 Å². The molecule has 0 radical (unpaired) electrons. The number of hydrogen-bond acceptors (Lipinski definition) is 7. The minimum Gasteiger partial charge on any atom is -0.486 e. The summed E-state index contributed by atoms with van der Waals surface area (Å²) in [4.78, 5) is 24.4. The highest BCUT2D eigenvalue weighted by Gasteiger charge is 2.43. The van der Waals surface area contributed by atoms with Crippen molar-refractivity contribution in [2.24, 2.45) is 0 Å². The number of fused-ring (bicyclic) bond motifs is 1. The molecule has 1 aromatic carbocycles. The molecule has 0 saturated carbocycles. The number of amides is 1. The molecule has 10 heteroatoms. The summed E-state index contributed by atoms with van der Waals surface area (Å²) in [5, 5.41) is 8.88. The molecule has 156 valence electrons. The summed E-state index contributed by atoms with van der Waals surface area (Å²) in [6, 6.07) is 8.53. The molecule has 0 aliphatic carbocycles. The number of carbonyl (C=O) groups is 1. The fourth-order valence-corrected chi connectivity index (χ4v) is 3.86. The number of pyridine rings is 1. The number of aromatic nitrogens is 1. The zero-order valence-corrected chi connectivity index (χ0v) is 16.9. The predicted molar refractivity (Wildman–Crippen MR) is 105 cm³/mol. The molecule has 9 nitrogen and oxygen atoms in total. The van der Waals surface area contributed by atoms with Crippen LogP contribution >= 0.6 is 0 Å². The summed E-state index contributed by atoms with van der Waals surface area (Å²) in [5.74, 6) is 0.216. The van der Waals surface area contributed by atoms with Crippen LogP contribution in [0.2, 0.25) is 0 Å². The van der Waals surface area contributed by atoms with Crippen molar-refractivity contribution in [2.45, 2.75) is 24.6 Å². The summed E-state index contributed by atoms with van der Waals surface area (Å²) in [7, 11) is -3.83. The molecule has 1 aromatic heterocycles. The van der Waals surface area contributed by atoms with Gasteiger partial charge in [0.1, 0.15) is 13.2 Å². The SMILES string of the molecule is C[C@@](CCn1ccc(-c2ccc3c(c2)OCCO3)cc1=O)(C(=O)NO)S(C)(=O)=O. The van der Waals surface area contributed by atoms with Gasteiger partial charge in [0.15, 0.2) is 26.1 Å². The minimum atomic E-state index is -3.83. The molecule has 2 N–H and O–H groups in total. The van der Waals surface area contributed by atoms with Crippen molar-refractivity contribution < 1.29 is 27.9 Å². The van der Waals surface area contributed by atoms with Gasteiger partial charge >= 0.3 is 0 Å². The standard InChI is InChI=1S/C19H22N2O7S/c1-19(18(23)20-24,29(2,25)26)6-8-21-7-5-14(12-17(21)22)13-3-4-15-16(11-13)28-10-9-27-15/h3-5,7,11-12,24H,6,8-10H2,1-2H3,(H,20,23)/t19-/m1/s1. The first-order valence-electron chi connectivity index (χ1n) is 8.90. The first kappa shape index (κ1) is 20.9. The van der Waals surface area contributed by atoms with E-state index in [0.717, 1.165) is 11.8 Å². The molecule has 0 fully saturated rings. The summed E-state index contributed by atoms with van der Waals surface area (Å²) in [6.07, 6.45) is 2.27. The molecule has 0 unspecified atom stereocenters. The zero-order chi connectivity index (χ0) is 21.2. The molecule has 1 atom stereocenters. The normalized spacial score (nSPS) is 15.4. The van der Waals surface area contributed by atoms with Crippen LogP contribution < -0.4 is 20.5 Å². The van der Waals surface area contributed by atoms with E-state index in [1.54, 1.807) is 18.2 Å². The number of rotatable bonds is 6. The van der Waals surface area contributed by atoms with Crippen LogP contribution in [0.5, 0.6) is 11.5 Å². The van der Waals surface area contributed by atoms with Gasteiger partial charge in [0.2, 0.25) is 0 Å². The predicted octanol–water partition coefficient (Wildman–Crippen LogP) is 0.985. The average Bonchev–Trinajstić information content (AvgIpc) is 2.70. The van der Waals surface area contributed by atoms with Gasteiger partial charge in [-0.25, -0.2) is 13.9 Å². The van der Waals surface area contributed by atoms with Crippen LogP contribution in [0, 0.1) is 0 Å². The van der Waals surface area contributed by atoms with Crippen molar-refractivity contribution in [3.63, 3.8) is 0 Å². The Labute approximate surface area is 167 Å². The molecule has 29 heavy (non-hydrogen) atoms. The van der Waals surface area contributed by atoms with Crippen molar-refractivity contribution in [3.05, 3.63) is 46.9 Å². The van der Waals surface area contributed by atoms with Gasteiger partial charge in [-0.1, -0.05) is 6.07 Å². The van der Waals surface area contributed by atoms with Gasteiger partial charge in [-0.15, -0.1) is 0 Å². The Hall–Kier alpha value is -2.85. The highest BCUT2D eigenvalue weighted by atomic mass is 32.2. The first-order valence-corrected chi connectivity index (χ1v) is 10.8. The number of aryl methyl sites for hydroxylation is 1. The number of hydroxylamine groups is 1. The van der Waals surface area contributed by atoms with Crippen LogP contribution in [-0.4, -0.2) is 48.3 Å². The zero-order valence-electron chi connectivity index (χ0n) is 16.0. The quantitative estimate of drug-likeness (QED) is 0.525. The van der Waals surface area contributed by atoms with Gasteiger partial charge in [-0.05, 0) is 42.7 Å². The molecular formula is C19H22N2O7S. The molecular weight excluding hydrogens is 400 g/mol. The van der Waals surface area contributed by atoms with E-state index >= 15 is 0 Å². The minimum absolute atomic E-state index is 0.0166. The van der Waals surface area contributed by atoms with Gasteiger partial charge in [0.05, 0.1) is 0 Å². The van der Waals surface area contributed by atoms with E-state index < -0.39 is 20.5 Å². The number of ether oxygens (including phenoxy) is 2. The van der Waals surface area contributed by atoms with E-state index in [9.17, 15) is 18.0 Å². The Morgan fingerprint density at radius 2 is 1.83 bits per heavy atom. The molecule has 0 bridgehead atoms. The second-order valence-corrected chi connectivity index (χ2v) is 9.44. The molecule has 2 aromatic rings. The largest absolute Gasteiger partial charge is 0.486 e. The maximum absolute atomic E-state index is 12.5. The lowest BCUT2D eigenvalue weighted by Gasteiger charge is -2.25. The van der Waals surface area contributed by atoms with Crippen LogP contribution in [0.15, 0.2) is 41.3 Å². The van der Waals surface area contributed by atoms with Gasteiger partial charge < -0.3 is 14.0 Å². The Morgan fingerprint density at radius 1 is 1.17 bits per heavy atom. The number of benzene rings is 1. The first-order chi connectivity index (χ1) is 13.7. The van der Waals surface area contributed by atoms with Crippen LogP contribution in [-0.2, 0) is 21.2 Å². The Bertz CT molecular complexity index is 1090.